The number of carbonyl (C=O) groups is 2. The van der Waals surface area contributed by atoms with Gasteiger partial charge in [0.15, 0.2) is 0 Å². The minimum absolute atomic E-state index is 0.0157. The second-order valence-electron chi connectivity index (χ2n) is 8.62. The van der Waals surface area contributed by atoms with Crippen LogP contribution in [0.15, 0.2) is 24.3 Å². The monoisotopic (exact) mass is 415 g/mol. The predicted molar refractivity (Wildman–Crippen MR) is 115 cm³/mol. The Kier molecular flexibility index (Phi) is 6.89. The molecule has 0 N–H and O–H groups in total. The SMILES string of the molecule is COc1cccc(N2CC(C(=O)N3CCC(CCN4CCOCC4)CC3)CC2=O)c1. The maximum absolute atomic E-state index is 13.1. The number of amides is 2. The van der Waals surface area contributed by atoms with Crippen molar-refractivity contribution in [2.45, 2.75) is 25.7 Å². The van der Waals surface area contributed by atoms with Gasteiger partial charge in [-0.3, -0.25) is 14.5 Å². The van der Waals surface area contributed by atoms with Gasteiger partial charge < -0.3 is 19.3 Å². The number of likely N-dealkylation sites (tertiary alicyclic amines) is 1. The molecule has 1 aromatic carbocycles. The van der Waals surface area contributed by atoms with E-state index in [2.05, 4.69) is 4.90 Å². The first kappa shape index (κ1) is 21.1. The fourth-order valence-corrected chi connectivity index (χ4v) is 4.79. The molecule has 3 fully saturated rings. The van der Waals surface area contributed by atoms with E-state index in [0.717, 1.165) is 64.5 Å². The highest BCUT2D eigenvalue weighted by molar-refractivity contribution is 6.00. The minimum atomic E-state index is -0.242. The zero-order valence-electron chi connectivity index (χ0n) is 17.9. The lowest BCUT2D eigenvalue weighted by Gasteiger charge is -2.35. The molecule has 0 radical (unpaired) electrons. The smallest absolute Gasteiger partial charge is 0.228 e. The van der Waals surface area contributed by atoms with Gasteiger partial charge in [0.1, 0.15) is 5.75 Å². The van der Waals surface area contributed by atoms with Gasteiger partial charge in [-0.15, -0.1) is 0 Å². The van der Waals surface area contributed by atoms with Crippen molar-refractivity contribution in [1.82, 2.24) is 9.80 Å². The highest BCUT2D eigenvalue weighted by Gasteiger charge is 2.38. The van der Waals surface area contributed by atoms with Crippen LogP contribution in [-0.2, 0) is 14.3 Å². The van der Waals surface area contributed by atoms with Gasteiger partial charge in [-0.1, -0.05) is 6.07 Å². The zero-order valence-corrected chi connectivity index (χ0v) is 17.9. The number of benzene rings is 1. The molecule has 30 heavy (non-hydrogen) atoms. The second kappa shape index (κ2) is 9.79. The lowest BCUT2D eigenvalue weighted by atomic mass is 9.92. The maximum Gasteiger partial charge on any atom is 0.228 e. The summed E-state index contributed by atoms with van der Waals surface area (Å²) in [5.74, 6) is 1.32. The van der Waals surface area contributed by atoms with E-state index in [9.17, 15) is 9.59 Å². The van der Waals surface area contributed by atoms with E-state index in [-0.39, 0.29) is 17.7 Å². The minimum Gasteiger partial charge on any atom is -0.497 e. The van der Waals surface area contributed by atoms with E-state index in [1.54, 1.807) is 12.0 Å². The Morgan fingerprint density at radius 3 is 2.67 bits per heavy atom. The molecule has 164 valence electrons. The molecular weight excluding hydrogens is 382 g/mol. The first-order valence-corrected chi connectivity index (χ1v) is 11.2. The van der Waals surface area contributed by atoms with Gasteiger partial charge >= 0.3 is 0 Å². The molecule has 2 amide bonds. The van der Waals surface area contributed by atoms with Gasteiger partial charge in [0.05, 0.1) is 26.2 Å². The van der Waals surface area contributed by atoms with Crippen LogP contribution in [0.25, 0.3) is 0 Å². The van der Waals surface area contributed by atoms with Gasteiger partial charge in [-0.25, -0.2) is 0 Å². The Morgan fingerprint density at radius 2 is 1.93 bits per heavy atom. The average molecular weight is 416 g/mol. The lowest BCUT2D eigenvalue weighted by molar-refractivity contribution is -0.137. The number of nitrogens with zero attached hydrogens (tertiary/aromatic N) is 3. The van der Waals surface area contributed by atoms with E-state index < -0.39 is 0 Å². The molecule has 3 aliphatic rings. The quantitative estimate of drug-likeness (QED) is 0.711. The molecule has 7 nitrogen and oxygen atoms in total. The Morgan fingerprint density at radius 1 is 1.17 bits per heavy atom. The summed E-state index contributed by atoms with van der Waals surface area (Å²) in [6.07, 6.45) is 3.63. The van der Waals surface area contributed by atoms with Crippen LogP contribution < -0.4 is 9.64 Å². The topological polar surface area (TPSA) is 62.3 Å². The Balaban J connectivity index is 1.25. The fraction of sp³-hybridized carbons (Fsp3) is 0.652. The largest absolute Gasteiger partial charge is 0.497 e. The zero-order chi connectivity index (χ0) is 20.9. The van der Waals surface area contributed by atoms with Gasteiger partial charge in [-0.05, 0) is 43.9 Å². The van der Waals surface area contributed by atoms with Gasteiger partial charge in [0, 0.05) is 50.9 Å². The standard InChI is InChI=1S/C23H33N3O4/c1-29-21-4-2-3-20(16-21)26-17-19(15-22(26)27)23(28)25-9-6-18(7-10-25)5-8-24-11-13-30-14-12-24/h2-4,16,18-19H,5-15,17H2,1H3. The number of ether oxygens (including phenoxy) is 2. The van der Waals surface area contributed by atoms with Crippen molar-refractivity contribution in [3.05, 3.63) is 24.3 Å². The Bertz CT molecular complexity index is 742. The fourth-order valence-electron chi connectivity index (χ4n) is 4.79. The van der Waals surface area contributed by atoms with Gasteiger partial charge in [0.25, 0.3) is 0 Å². The molecule has 4 rings (SSSR count). The van der Waals surface area contributed by atoms with Crippen LogP contribution in [0.3, 0.4) is 0 Å². The normalized spacial score (nSPS) is 23.8. The molecule has 0 saturated carbocycles. The third kappa shape index (κ3) is 4.95. The van der Waals surface area contributed by atoms with Crippen molar-refractivity contribution in [2.75, 3.05) is 64.5 Å². The number of carbonyl (C=O) groups excluding carboxylic acids is 2. The van der Waals surface area contributed by atoms with Crippen molar-refractivity contribution in [1.29, 1.82) is 0 Å². The predicted octanol–water partition coefficient (Wildman–Crippen LogP) is 2.01. The molecule has 3 heterocycles. The number of hydrogen-bond acceptors (Lipinski definition) is 5. The molecular formula is C23H33N3O4. The molecule has 0 bridgehead atoms. The Hall–Kier alpha value is -2.12. The van der Waals surface area contributed by atoms with Gasteiger partial charge in [-0.2, -0.15) is 0 Å². The number of piperidine rings is 1. The summed E-state index contributed by atoms with van der Waals surface area (Å²) in [7, 11) is 1.61. The van der Waals surface area contributed by atoms with E-state index in [0.29, 0.717) is 24.6 Å². The first-order valence-electron chi connectivity index (χ1n) is 11.2. The van der Waals surface area contributed by atoms with E-state index >= 15 is 0 Å². The van der Waals surface area contributed by atoms with Crippen LogP contribution in [0.1, 0.15) is 25.7 Å². The van der Waals surface area contributed by atoms with Crippen molar-refractivity contribution < 1.29 is 19.1 Å². The molecule has 1 unspecified atom stereocenters. The van der Waals surface area contributed by atoms with Gasteiger partial charge in [0.2, 0.25) is 11.8 Å². The van der Waals surface area contributed by atoms with Crippen molar-refractivity contribution in [2.24, 2.45) is 11.8 Å². The highest BCUT2D eigenvalue weighted by Crippen LogP contribution is 2.30. The molecule has 1 atom stereocenters. The third-order valence-electron chi connectivity index (χ3n) is 6.72. The summed E-state index contributed by atoms with van der Waals surface area (Å²) in [6, 6.07) is 7.48. The third-order valence-corrected chi connectivity index (χ3v) is 6.72. The number of morpholine rings is 1. The second-order valence-corrected chi connectivity index (χ2v) is 8.62. The summed E-state index contributed by atoms with van der Waals surface area (Å²) >= 11 is 0. The first-order chi connectivity index (χ1) is 14.6. The summed E-state index contributed by atoms with van der Waals surface area (Å²) < 4.78 is 10.7. The van der Waals surface area contributed by atoms with Crippen molar-refractivity contribution >= 4 is 17.5 Å². The summed E-state index contributed by atoms with van der Waals surface area (Å²) in [6.45, 7) is 7.00. The summed E-state index contributed by atoms with van der Waals surface area (Å²) in [4.78, 5) is 31.8. The lowest BCUT2D eigenvalue weighted by Crippen LogP contribution is -2.43. The number of rotatable bonds is 6. The van der Waals surface area contributed by atoms with Crippen LogP contribution >= 0.6 is 0 Å². The molecule has 7 heteroatoms. The molecule has 1 aromatic rings. The Labute approximate surface area is 178 Å². The number of hydrogen-bond donors (Lipinski definition) is 0. The molecule has 0 spiro atoms. The van der Waals surface area contributed by atoms with E-state index in [1.165, 1.54) is 6.42 Å². The van der Waals surface area contributed by atoms with E-state index in [1.807, 2.05) is 29.2 Å². The number of methoxy groups -OCH3 is 1. The summed E-state index contributed by atoms with van der Waals surface area (Å²) in [5.41, 5.74) is 0.802. The molecule has 0 aromatic heterocycles. The van der Waals surface area contributed by atoms with Crippen LogP contribution in [0.5, 0.6) is 5.75 Å². The van der Waals surface area contributed by atoms with E-state index in [4.69, 9.17) is 9.47 Å². The maximum atomic E-state index is 13.1. The molecule has 3 aliphatic heterocycles. The van der Waals surface area contributed by atoms with Crippen LogP contribution in [0, 0.1) is 11.8 Å². The molecule has 0 aliphatic carbocycles. The van der Waals surface area contributed by atoms with Crippen LogP contribution in [0.4, 0.5) is 5.69 Å². The average Bonchev–Trinajstić information content (AvgIpc) is 3.20. The highest BCUT2D eigenvalue weighted by atomic mass is 16.5. The summed E-state index contributed by atoms with van der Waals surface area (Å²) in [5, 5.41) is 0. The number of anilines is 1. The van der Waals surface area contributed by atoms with Crippen LogP contribution in [0.2, 0.25) is 0 Å². The van der Waals surface area contributed by atoms with Crippen molar-refractivity contribution in [3.63, 3.8) is 0 Å². The molecule has 3 saturated heterocycles. The van der Waals surface area contributed by atoms with Crippen molar-refractivity contribution in [3.8, 4) is 5.75 Å². The van der Waals surface area contributed by atoms with Crippen LogP contribution in [-0.4, -0.2) is 81.2 Å².